The highest BCUT2D eigenvalue weighted by Crippen LogP contribution is 2.40. The van der Waals surface area contributed by atoms with Crippen molar-refractivity contribution in [3.8, 4) is 5.69 Å². The van der Waals surface area contributed by atoms with Crippen molar-refractivity contribution < 1.29 is 9.90 Å². The van der Waals surface area contributed by atoms with E-state index >= 15 is 0 Å². The lowest BCUT2D eigenvalue weighted by atomic mass is 9.85. The molecule has 3 atom stereocenters. The number of carboxylic acid groups (broad SMARTS) is 1. The normalized spacial score (nSPS) is 27.1. The lowest BCUT2D eigenvalue weighted by Gasteiger charge is -2.32. The third-order valence-corrected chi connectivity index (χ3v) is 5.38. The van der Waals surface area contributed by atoms with Crippen LogP contribution in [-0.4, -0.2) is 43.1 Å². The number of benzene rings is 1. The first kappa shape index (κ1) is 15.3. The summed E-state index contributed by atoms with van der Waals surface area (Å²) in [5.74, 6) is -0.191. The van der Waals surface area contributed by atoms with E-state index in [0.29, 0.717) is 18.5 Å². The fourth-order valence-corrected chi connectivity index (χ4v) is 4.26. The Morgan fingerprint density at radius 3 is 2.79 bits per heavy atom. The SMILES string of the molecule is O=C(O)[C@@H]1C[C@@H]2CCCC[C@@H]2N1Cc1cnn(-c2ccccc2)n1. The summed E-state index contributed by atoms with van der Waals surface area (Å²) < 4.78 is 0. The third kappa shape index (κ3) is 2.82. The Morgan fingerprint density at radius 1 is 1.21 bits per heavy atom. The lowest BCUT2D eigenvalue weighted by Crippen LogP contribution is -2.41. The first-order valence-corrected chi connectivity index (χ1v) is 8.67. The van der Waals surface area contributed by atoms with Crippen LogP contribution < -0.4 is 0 Å². The van der Waals surface area contributed by atoms with Crippen molar-refractivity contribution in [1.82, 2.24) is 19.9 Å². The maximum Gasteiger partial charge on any atom is 0.320 e. The number of carboxylic acids is 1. The predicted octanol–water partition coefficient (Wildman–Crippen LogP) is 2.49. The van der Waals surface area contributed by atoms with Gasteiger partial charge in [0, 0.05) is 12.6 Å². The van der Waals surface area contributed by atoms with Crippen LogP contribution >= 0.6 is 0 Å². The van der Waals surface area contributed by atoms with Crippen molar-refractivity contribution in [3.63, 3.8) is 0 Å². The van der Waals surface area contributed by atoms with E-state index in [4.69, 9.17) is 0 Å². The second-order valence-corrected chi connectivity index (χ2v) is 6.83. The molecular weight excluding hydrogens is 304 g/mol. The molecule has 6 heteroatoms. The second kappa shape index (κ2) is 6.36. The Bertz CT molecular complexity index is 715. The van der Waals surface area contributed by atoms with Crippen molar-refractivity contribution in [2.75, 3.05) is 0 Å². The average Bonchev–Trinajstić information content (AvgIpc) is 3.21. The van der Waals surface area contributed by atoms with E-state index in [0.717, 1.165) is 30.6 Å². The first-order valence-electron chi connectivity index (χ1n) is 8.67. The van der Waals surface area contributed by atoms with E-state index in [-0.39, 0.29) is 6.04 Å². The summed E-state index contributed by atoms with van der Waals surface area (Å²) in [6, 6.07) is 9.76. The van der Waals surface area contributed by atoms with E-state index in [1.807, 2.05) is 30.3 Å². The van der Waals surface area contributed by atoms with E-state index < -0.39 is 5.97 Å². The molecule has 0 bridgehead atoms. The molecule has 0 spiro atoms. The van der Waals surface area contributed by atoms with Gasteiger partial charge in [0.1, 0.15) is 6.04 Å². The van der Waals surface area contributed by atoms with Crippen LogP contribution in [0.25, 0.3) is 5.69 Å². The molecule has 2 aromatic rings. The monoisotopic (exact) mass is 326 g/mol. The molecule has 24 heavy (non-hydrogen) atoms. The quantitative estimate of drug-likeness (QED) is 0.934. The van der Waals surface area contributed by atoms with Gasteiger partial charge in [0.2, 0.25) is 0 Å². The topological polar surface area (TPSA) is 71.2 Å². The van der Waals surface area contributed by atoms with Crippen LogP contribution in [0.3, 0.4) is 0 Å². The van der Waals surface area contributed by atoms with Crippen molar-refractivity contribution in [2.24, 2.45) is 5.92 Å². The lowest BCUT2D eigenvalue weighted by molar-refractivity contribution is -0.142. The maximum absolute atomic E-state index is 11.7. The molecule has 1 aliphatic carbocycles. The Labute approximate surface area is 141 Å². The minimum absolute atomic E-state index is 0.377. The highest BCUT2D eigenvalue weighted by Gasteiger charge is 2.45. The smallest absolute Gasteiger partial charge is 0.320 e. The van der Waals surface area contributed by atoms with Crippen molar-refractivity contribution >= 4 is 5.97 Å². The summed E-state index contributed by atoms with van der Waals surface area (Å²) in [5, 5.41) is 18.5. The van der Waals surface area contributed by atoms with Crippen molar-refractivity contribution in [1.29, 1.82) is 0 Å². The number of fused-ring (bicyclic) bond motifs is 1. The van der Waals surface area contributed by atoms with Gasteiger partial charge in [-0.15, -0.1) is 0 Å². The number of nitrogens with zero attached hydrogens (tertiary/aromatic N) is 4. The molecule has 2 fully saturated rings. The van der Waals surface area contributed by atoms with Gasteiger partial charge in [0.15, 0.2) is 0 Å². The number of hydrogen-bond donors (Lipinski definition) is 1. The zero-order valence-electron chi connectivity index (χ0n) is 13.6. The number of likely N-dealkylation sites (tertiary alicyclic amines) is 1. The van der Waals surface area contributed by atoms with Crippen LogP contribution in [0, 0.1) is 5.92 Å². The Morgan fingerprint density at radius 2 is 2.00 bits per heavy atom. The molecule has 2 heterocycles. The molecule has 0 radical (unpaired) electrons. The Balaban J connectivity index is 1.55. The summed E-state index contributed by atoms with van der Waals surface area (Å²) >= 11 is 0. The van der Waals surface area contributed by atoms with Crippen LogP contribution in [0.5, 0.6) is 0 Å². The highest BCUT2D eigenvalue weighted by molar-refractivity contribution is 5.74. The number of aromatic nitrogens is 3. The molecule has 1 saturated carbocycles. The van der Waals surface area contributed by atoms with Crippen molar-refractivity contribution in [3.05, 3.63) is 42.2 Å². The zero-order chi connectivity index (χ0) is 16.5. The standard InChI is InChI=1S/C18H22N4O2/c23-18(24)17-10-13-6-4-5-9-16(13)21(17)12-14-11-19-22(20-14)15-7-2-1-3-8-15/h1-3,7-8,11,13,16-17H,4-6,9-10,12H2,(H,23,24)/t13-,16-,17-/m0/s1. The van der Waals surface area contributed by atoms with Gasteiger partial charge in [0.25, 0.3) is 0 Å². The van der Waals surface area contributed by atoms with Gasteiger partial charge in [-0.05, 0) is 37.3 Å². The number of para-hydroxylation sites is 1. The third-order valence-electron chi connectivity index (χ3n) is 5.38. The van der Waals surface area contributed by atoms with Crippen LogP contribution in [0.15, 0.2) is 36.5 Å². The van der Waals surface area contributed by atoms with Gasteiger partial charge in [-0.25, -0.2) is 0 Å². The fraction of sp³-hybridized carbons (Fsp3) is 0.500. The van der Waals surface area contributed by atoms with E-state index in [1.165, 1.54) is 12.8 Å². The molecule has 1 saturated heterocycles. The van der Waals surface area contributed by atoms with E-state index in [1.54, 1.807) is 11.0 Å². The molecule has 0 unspecified atom stereocenters. The van der Waals surface area contributed by atoms with Crippen LogP contribution in [0.1, 0.15) is 37.8 Å². The molecule has 1 N–H and O–H groups in total. The molecule has 1 aromatic heterocycles. The maximum atomic E-state index is 11.7. The fourth-order valence-electron chi connectivity index (χ4n) is 4.26. The molecule has 1 aromatic carbocycles. The molecule has 6 nitrogen and oxygen atoms in total. The Hall–Kier alpha value is -2.21. The molecule has 1 aliphatic heterocycles. The summed E-state index contributed by atoms with van der Waals surface area (Å²) in [4.78, 5) is 15.4. The van der Waals surface area contributed by atoms with Crippen LogP contribution in [-0.2, 0) is 11.3 Å². The minimum Gasteiger partial charge on any atom is -0.480 e. The van der Waals surface area contributed by atoms with Gasteiger partial charge in [-0.1, -0.05) is 31.0 Å². The first-order chi connectivity index (χ1) is 11.7. The van der Waals surface area contributed by atoms with Gasteiger partial charge in [0.05, 0.1) is 17.6 Å². The number of carbonyl (C=O) groups is 1. The van der Waals surface area contributed by atoms with Gasteiger partial charge in [-0.3, -0.25) is 9.69 Å². The largest absolute Gasteiger partial charge is 0.480 e. The highest BCUT2D eigenvalue weighted by atomic mass is 16.4. The van der Waals surface area contributed by atoms with E-state index in [9.17, 15) is 9.90 Å². The predicted molar refractivity (Wildman–Crippen MR) is 88.7 cm³/mol. The van der Waals surface area contributed by atoms with Gasteiger partial charge < -0.3 is 5.11 Å². The second-order valence-electron chi connectivity index (χ2n) is 6.83. The molecule has 4 rings (SSSR count). The van der Waals surface area contributed by atoms with Crippen LogP contribution in [0.4, 0.5) is 0 Å². The zero-order valence-corrected chi connectivity index (χ0v) is 13.6. The number of hydrogen-bond acceptors (Lipinski definition) is 4. The molecular formula is C18H22N4O2. The average molecular weight is 326 g/mol. The van der Waals surface area contributed by atoms with Crippen LogP contribution in [0.2, 0.25) is 0 Å². The summed E-state index contributed by atoms with van der Waals surface area (Å²) in [5.41, 5.74) is 1.74. The van der Waals surface area contributed by atoms with Gasteiger partial charge >= 0.3 is 5.97 Å². The minimum atomic E-state index is -0.708. The summed E-state index contributed by atoms with van der Waals surface area (Å²) in [6.07, 6.45) is 7.20. The van der Waals surface area contributed by atoms with Gasteiger partial charge in [-0.2, -0.15) is 15.0 Å². The summed E-state index contributed by atoms with van der Waals surface area (Å²) in [7, 11) is 0. The van der Waals surface area contributed by atoms with Crippen molar-refractivity contribution in [2.45, 2.75) is 50.7 Å². The number of rotatable bonds is 4. The molecule has 2 aliphatic rings. The molecule has 0 amide bonds. The molecule has 126 valence electrons. The summed E-state index contributed by atoms with van der Waals surface area (Å²) in [6.45, 7) is 0.560. The number of aliphatic carboxylic acids is 1. The Kier molecular flexibility index (Phi) is 4.06. The van der Waals surface area contributed by atoms with E-state index in [2.05, 4.69) is 15.1 Å².